The molecule has 1 aliphatic carbocycles. The Labute approximate surface area is 198 Å². The van der Waals surface area contributed by atoms with Gasteiger partial charge in [0.05, 0.1) is 21.8 Å². The molecule has 0 unspecified atom stereocenters. The number of fused-ring (bicyclic) bond motifs is 3. The van der Waals surface area contributed by atoms with Gasteiger partial charge in [0.2, 0.25) is 0 Å². The number of aryl methyl sites for hydroxylation is 1. The highest BCUT2D eigenvalue weighted by Gasteiger charge is 2.61. The van der Waals surface area contributed by atoms with Crippen LogP contribution in [0, 0.1) is 12.8 Å². The van der Waals surface area contributed by atoms with E-state index >= 15 is 0 Å². The van der Waals surface area contributed by atoms with Crippen molar-refractivity contribution in [3.8, 4) is 0 Å². The lowest BCUT2D eigenvalue weighted by atomic mass is 9.90. The van der Waals surface area contributed by atoms with Gasteiger partial charge in [0.1, 0.15) is 29.5 Å². The van der Waals surface area contributed by atoms with Gasteiger partial charge in [-0.3, -0.25) is 0 Å². The molecule has 0 radical (unpaired) electrons. The lowest BCUT2D eigenvalue weighted by molar-refractivity contribution is -0.0675. The SMILES string of the molecule is Cc1ncnc2c1ccn2[C@@H]1O[C@@H]2[C@H](Cc3ccc4cc(Br)c(N)nc4c3)CC[C@]2(O)[C@H]1O. The van der Waals surface area contributed by atoms with Crippen LogP contribution in [0.1, 0.15) is 30.3 Å². The van der Waals surface area contributed by atoms with Gasteiger partial charge in [-0.05, 0) is 71.8 Å². The number of ether oxygens (including phenoxy) is 1. The third kappa shape index (κ3) is 3.18. The minimum atomic E-state index is -1.29. The van der Waals surface area contributed by atoms with Crippen molar-refractivity contribution in [2.45, 2.75) is 50.2 Å². The van der Waals surface area contributed by atoms with Crippen molar-refractivity contribution in [1.29, 1.82) is 0 Å². The summed E-state index contributed by atoms with van der Waals surface area (Å²) in [5.74, 6) is 0.524. The second kappa shape index (κ2) is 7.46. The number of rotatable bonds is 3. The molecule has 1 aromatic carbocycles. The molecule has 4 heterocycles. The number of nitrogens with two attached hydrogens (primary N) is 1. The van der Waals surface area contributed by atoms with Crippen LogP contribution in [-0.2, 0) is 11.2 Å². The smallest absolute Gasteiger partial charge is 0.164 e. The maximum atomic E-state index is 11.4. The molecule has 0 bridgehead atoms. The number of aromatic nitrogens is 4. The summed E-state index contributed by atoms with van der Waals surface area (Å²) in [7, 11) is 0. The zero-order chi connectivity index (χ0) is 22.9. The summed E-state index contributed by atoms with van der Waals surface area (Å²) < 4.78 is 8.95. The molecule has 8 nitrogen and oxygen atoms in total. The van der Waals surface area contributed by atoms with E-state index in [1.807, 2.05) is 42.0 Å². The normalized spacial score (nSPS) is 29.2. The van der Waals surface area contributed by atoms with Crippen LogP contribution >= 0.6 is 15.9 Å². The number of nitrogen functional groups attached to an aromatic ring is 1. The second-order valence-corrected chi connectivity index (χ2v) is 10.0. The molecule has 0 spiro atoms. The van der Waals surface area contributed by atoms with Gasteiger partial charge in [-0.15, -0.1) is 0 Å². The first-order chi connectivity index (χ1) is 15.8. The van der Waals surface area contributed by atoms with E-state index in [1.165, 1.54) is 6.33 Å². The Hall–Kier alpha value is -2.59. The van der Waals surface area contributed by atoms with Gasteiger partial charge in [0.25, 0.3) is 0 Å². The van der Waals surface area contributed by atoms with Crippen molar-refractivity contribution in [2.24, 2.45) is 5.92 Å². The zero-order valence-corrected chi connectivity index (χ0v) is 19.6. The van der Waals surface area contributed by atoms with Gasteiger partial charge in [-0.25, -0.2) is 15.0 Å². The van der Waals surface area contributed by atoms with E-state index in [9.17, 15) is 10.2 Å². The van der Waals surface area contributed by atoms with Gasteiger partial charge in [-0.2, -0.15) is 0 Å². The largest absolute Gasteiger partial charge is 0.385 e. The number of halogens is 1. The number of benzene rings is 1. The fourth-order valence-electron chi connectivity index (χ4n) is 5.50. The van der Waals surface area contributed by atoms with Crippen molar-refractivity contribution in [1.82, 2.24) is 19.5 Å². The number of pyridine rings is 1. The molecule has 1 saturated carbocycles. The number of hydrogen-bond acceptors (Lipinski definition) is 7. The van der Waals surface area contributed by atoms with Crippen LogP contribution in [0.2, 0.25) is 0 Å². The number of anilines is 1. The maximum Gasteiger partial charge on any atom is 0.164 e. The number of nitrogens with zero attached hydrogens (tertiary/aromatic N) is 4. The van der Waals surface area contributed by atoms with Crippen LogP contribution in [-0.4, -0.2) is 47.5 Å². The average molecular weight is 510 g/mol. The van der Waals surface area contributed by atoms with Gasteiger partial charge in [0.15, 0.2) is 6.23 Å². The quantitative estimate of drug-likeness (QED) is 0.387. The molecule has 1 aliphatic heterocycles. The summed E-state index contributed by atoms with van der Waals surface area (Å²) in [5.41, 5.74) is 8.15. The Balaban J connectivity index is 1.29. The van der Waals surface area contributed by atoms with E-state index in [-0.39, 0.29) is 5.92 Å². The van der Waals surface area contributed by atoms with Crippen molar-refractivity contribution in [3.05, 3.63) is 58.6 Å². The fourth-order valence-corrected chi connectivity index (χ4v) is 5.83. The van der Waals surface area contributed by atoms with Crippen LogP contribution in [0.3, 0.4) is 0 Å². The fraction of sp³-hybridized carbons (Fsp3) is 0.375. The summed E-state index contributed by atoms with van der Waals surface area (Å²) in [6, 6.07) is 10.0. The van der Waals surface area contributed by atoms with E-state index in [2.05, 4.69) is 36.9 Å². The van der Waals surface area contributed by atoms with Gasteiger partial charge in [0, 0.05) is 17.0 Å². The Morgan fingerprint density at radius 3 is 2.97 bits per heavy atom. The summed E-state index contributed by atoms with van der Waals surface area (Å²) in [6.45, 7) is 1.92. The number of aliphatic hydroxyl groups is 2. The van der Waals surface area contributed by atoms with Crippen LogP contribution in [0.5, 0.6) is 0 Å². The highest BCUT2D eigenvalue weighted by molar-refractivity contribution is 9.10. The summed E-state index contributed by atoms with van der Waals surface area (Å²) in [6.07, 6.45) is 3.10. The molecule has 2 aliphatic rings. The molecule has 3 aromatic heterocycles. The van der Waals surface area contributed by atoms with E-state index < -0.39 is 24.0 Å². The molecule has 33 heavy (non-hydrogen) atoms. The van der Waals surface area contributed by atoms with E-state index in [4.69, 9.17) is 10.5 Å². The van der Waals surface area contributed by atoms with Gasteiger partial charge >= 0.3 is 0 Å². The second-order valence-electron chi connectivity index (χ2n) is 9.19. The maximum absolute atomic E-state index is 11.4. The van der Waals surface area contributed by atoms with Crippen LogP contribution in [0.25, 0.3) is 21.9 Å². The average Bonchev–Trinajstić information content (AvgIpc) is 3.42. The minimum absolute atomic E-state index is 0.0677. The number of hydrogen-bond donors (Lipinski definition) is 3. The first-order valence-corrected chi connectivity index (χ1v) is 11.8. The number of aliphatic hydroxyl groups excluding tert-OH is 1. The minimum Gasteiger partial charge on any atom is -0.385 e. The lowest BCUT2D eigenvalue weighted by Crippen LogP contribution is -2.45. The third-order valence-electron chi connectivity index (χ3n) is 7.25. The standard InChI is InChI=1S/C24H24BrN5O3/c1-12-16-5-7-30(22(16)28-11-27-12)23-19(31)24(32)6-4-15(20(24)33-23)8-13-2-3-14-10-17(25)21(26)29-18(14)9-13/h2-3,5,7,9-11,15,19-20,23,31-32H,4,6,8H2,1H3,(H2,26,29)/t15-,19-,20+,23+,24-/m0/s1. The Morgan fingerprint density at radius 2 is 2.12 bits per heavy atom. The topological polar surface area (TPSA) is 119 Å². The van der Waals surface area contributed by atoms with Crippen LogP contribution < -0.4 is 5.73 Å². The van der Waals surface area contributed by atoms with E-state index in [0.717, 1.165) is 38.4 Å². The van der Waals surface area contributed by atoms with E-state index in [1.54, 1.807) is 0 Å². The Kier molecular flexibility index (Phi) is 4.74. The molecule has 170 valence electrons. The van der Waals surface area contributed by atoms with Gasteiger partial charge in [-0.1, -0.05) is 12.1 Å². The molecule has 6 rings (SSSR count). The summed E-state index contributed by atoms with van der Waals surface area (Å²) in [5, 5.41) is 24.5. The van der Waals surface area contributed by atoms with Crippen molar-refractivity contribution in [2.75, 3.05) is 5.73 Å². The molecule has 2 fully saturated rings. The molecule has 9 heteroatoms. The molecule has 4 N–H and O–H groups in total. The third-order valence-corrected chi connectivity index (χ3v) is 7.88. The summed E-state index contributed by atoms with van der Waals surface area (Å²) in [4.78, 5) is 13.1. The van der Waals surface area contributed by atoms with Crippen molar-refractivity contribution < 1.29 is 14.9 Å². The summed E-state index contributed by atoms with van der Waals surface area (Å²) >= 11 is 3.42. The van der Waals surface area contributed by atoms with Crippen LogP contribution in [0.15, 0.2) is 47.3 Å². The van der Waals surface area contributed by atoms with Crippen molar-refractivity contribution >= 4 is 43.7 Å². The molecule has 5 atom stereocenters. The van der Waals surface area contributed by atoms with Crippen molar-refractivity contribution in [3.63, 3.8) is 0 Å². The van der Waals surface area contributed by atoms with Gasteiger partial charge < -0.3 is 25.3 Å². The molecule has 4 aromatic rings. The molecule has 1 saturated heterocycles. The molecule has 0 amide bonds. The lowest BCUT2D eigenvalue weighted by Gasteiger charge is -2.26. The predicted molar refractivity (Wildman–Crippen MR) is 127 cm³/mol. The molecular weight excluding hydrogens is 486 g/mol. The Morgan fingerprint density at radius 1 is 1.27 bits per heavy atom. The Bertz CT molecular complexity index is 1390. The van der Waals surface area contributed by atoms with Crippen LogP contribution in [0.4, 0.5) is 5.82 Å². The molecular formula is C24H24BrN5O3. The zero-order valence-electron chi connectivity index (χ0n) is 18.0. The highest BCUT2D eigenvalue weighted by atomic mass is 79.9. The predicted octanol–water partition coefficient (Wildman–Crippen LogP) is 3.27. The first kappa shape index (κ1) is 21.0. The van der Waals surface area contributed by atoms with E-state index in [0.29, 0.717) is 24.3 Å². The highest BCUT2D eigenvalue weighted by Crippen LogP contribution is 2.50. The monoisotopic (exact) mass is 509 g/mol. The first-order valence-electron chi connectivity index (χ1n) is 11.0.